The normalized spacial score (nSPS) is 26.4. The highest BCUT2D eigenvalue weighted by Crippen LogP contribution is 2.24. The number of H-pyrrole nitrogens is 1. The molecule has 0 spiro atoms. The van der Waals surface area contributed by atoms with Crippen molar-refractivity contribution in [3.8, 4) is 0 Å². The molecule has 2 N–H and O–H groups in total. The fraction of sp³-hybridized carbons (Fsp3) is 0.545. The lowest BCUT2D eigenvalue weighted by Crippen LogP contribution is -2.36. The molecule has 0 aliphatic heterocycles. The number of rotatable bonds is 2. The van der Waals surface area contributed by atoms with Crippen LogP contribution in [-0.4, -0.2) is 16.9 Å². The maximum atomic E-state index is 11.7. The van der Waals surface area contributed by atoms with Crippen molar-refractivity contribution in [1.29, 1.82) is 0 Å². The Morgan fingerprint density at radius 2 is 2.43 bits per heavy atom. The number of carbonyl (C=O) groups excluding carboxylic acids is 1. The first-order valence-electron chi connectivity index (χ1n) is 5.21. The summed E-state index contributed by atoms with van der Waals surface area (Å²) in [6.07, 6.45) is 5.35. The zero-order valence-electron chi connectivity index (χ0n) is 8.42. The van der Waals surface area contributed by atoms with Crippen molar-refractivity contribution < 1.29 is 4.79 Å². The molecular formula is C11H16N2O. The molecule has 0 bridgehead atoms. The maximum Gasteiger partial charge on any atom is 0.267 e. The van der Waals surface area contributed by atoms with Crippen molar-refractivity contribution in [3.05, 3.63) is 24.0 Å². The minimum Gasteiger partial charge on any atom is -0.357 e. The van der Waals surface area contributed by atoms with Gasteiger partial charge in [0.15, 0.2) is 0 Å². The van der Waals surface area contributed by atoms with Crippen LogP contribution in [0.5, 0.6) is 0 Å². The standard InChI is InChI=1S/C11H16N2O/c1-8-4-2-5-9(8)13-11(14)10-6-3-7-12-10/h3,6-9,12H,2,4-5H2,1H3,(H,13,14)/t8-,9-/m0/s1. The van der Waals surface area contributed by atoms with Gasteiger partial charge in [-0.1, -0.05) is 13.3 Å². The molecule has 0 aromatic carbocycles. The van der Waals surface area contributed by atoms with Gasteiger partial charge in [-0.15, -0.1) is 0 Å². The van der Waals surface area contributed by atoms with Crippen molar-refractivity contribution in [1.82, 2.24) is 10.3 Å². The second-order valence-corrected chi connectivity index (χ2v) is 4.07. The first-order chi connectivity index (χ1) is 6.77. The summed E-state index contributed by atoms with van der Waals surface area (Å²) in [5.41, 5.74) is 0.657. The molecule has 0 radical (unpaired) electrons. The van der Waals surface area contributed by atoms with E-state index >= 15 is 0 Å². The van der Waals surface area contributed by atoms with Crippen LogP contribution in [0.3, 0.4) is 0 Å². The summed E-state index contributed by atoms with van der Waals surface area (Å²) in [5.74, 6) is 0.641. The van der Waals surface area contributed by atoms with Crippen molar-refractivity contribution >= 4 is 5.91 Å². The molecule has 1 amide bonds. The van der Waals surface area contributed by atoms with E-state index in [4.69, 9.17) is 0 Å². The van der Waals surface area contributed by atoms with Gasteiger partial charge in [0.05, 0.1) is 0 Å². The molecule has 1 fully saturated rings. The Morgan fingerprint density at radius 3 is 3.00 bits per heavy atom. The van der Waals surface area contributed by atoms with Crippen molar-refractivity contribution in [3.63, 3.8) is 0 Å². The number of hydrogen-bond acceptors (Lipinski definition) is 1. The minimum atomic E-state index is 0.0220. The highest BCUT2D eigenvalue weighted by Gasteiger charge is 2.25. The predicted octanol–water partition coefficient (Wildman–Crippen LogP) is 1.93. The lowest BCUT2D eigenvalue weighted by atomic mass is 10.1. The van der Waals surface area contributed by atoms with Crippen molar-refractivity contribution in [2.24, 2.45) is 5.92 Å². The highest BCUT2D eigenvalue weighted by atomic mass is 16.1. The monoisotopic (exact) mass is 192 g/mol. The summed E-state index contributed by atoms with van der Waals surface area (Å²) in [4.78, 5) is 14.6. The van der Waals surface area contributed by atoms with E-state index in [1.807, 2.05) is 6.07 Å². The molecule has 2 atom stereocenters. The van der Waals surface area contributed by atoms with Crippen LogP contribution in [0.25, 0.3) is 0 Å². The third kappa shape index (κ3) is 1.81. The molecular weight excluding hydrogens is 176 g/mol. The Balaban J connectivity index is 1.95. The summed E-state index contributed by atoms with van der Waals surface area (Å²) in [6.45, 7) is 2.20. The van der Waals surface area contributed by atoms with E-state index in [0.717, 1.165) is 6.42 Å². The average Bonchev–Trinajstić information content (AvgIpc) is 2.77. The summed E-state index contributed by atoms with van der Waals surface area (Å²) < 4.78 is 0. The van der Waals surface area contributed by atoms with Gasteiger partial charge < -0.3 is 10.3 Å². The Kier molecular flexibility index (Phi) is 2.57. The molecule has 76 valence electrons. The number of amides is 1. The quantitative estimate of drug-likeness (QED) is 0.739. The van der Waals surface area contributed by atoms with Crippen LogP contribution in [0.2, 0.25) is 0 Å². The van der Waals surface area contributed by atoms with Crippen LogP contribution >= 0.6 is 0 Å². The largest absolute Gasteiger partial charge is 0.357 e. The van der Waals surface area contributed by atoms with E-state index in [-0.39, 0.29) is 5.91 Å². The SMILES string of the molecule is C[C@H]1CCC[C@@H]1NC(=O)c1ccc[nH]1. The molecule has 3 heteroatoms. The molecule has 1 aliphatic rings. The zero-order valence-corrected chi connectivity index (χ0v) is 8.42. The van der Waals surface area contributed by atoms with Crippen molar-refractivity contribution in [2.45, 2.75) is 32.2 Å². The zero-order chi connectivity index (χ0) is 9.97. The van der Waals surface area contributed by atoms with Gasteiger partial charge in [-0.05, 0) is 30.9 Å². The summed E-state index contributed by atoms with van der Waals surface area (Å²) in [6, 6.07) is 4.01. The number of nitrogens with one attached hydrogen (secondary N) is 2. The Hall–Kier alpha value is -1.25. The highest BCUT2D eigenvalue weighted by molar-refractivity contribution is 5.92. The molecule has 0 unspecified atom stereocenters. The average molecular weight is 192 g/mol. The van der Waals surface area contributed by atoms with Crippen LogP contribution < -0.4 is 5.32 Å². The summed E-state index contributed by atoms with van der Waals surface area (Å²) >= 11 is 0. The molecule has 1 aromatic rings. The fourth-order valence-corrected chi connectivity index (χ4v) is 2.08. The van der Waals surface area contributed by atoms with E-state index in [1.54, 1.807) is 12.3 Å². The topological polar surface area (TPSA) is 44.9 Å². The molecule has 3 nitrogen and oxygen atoms in total. The molecule has 14 heavy (non-hydrogen) atoms. The number of hydrogen-bond donors (Lipinski definition) is 2. The third-order valence-electron chi connectivity index (χ3n) is 3.02. The first-order valence-corrected chi connectivity index (χ1v) is 5.21. The summed E-state index contributed by atoms with van der Waals surface area (Å²) in [5, 5.41) is 3.06. The number of carbonyl (C=O) groups is 1. The predicted molar refractivity (Wildman–Crippen MR) is 55.1 cm³/mol. The Bertz CT molecular complexity index is 305. The van der Waals surface area contributed by atoms with Gasteiger partial charge in [0.25, 0.3) is 5.91 Å². The Morgan fingerprint density at radius 1 is 1.57 bits per heavy atom. The second-order valence-electron chi connectivity index (χ2n) is 4.07. The van der Waals surface area contributed by atoms with Gasteiger partial charge >= 0.3 is 0 Å². The van der Waals surface area contributed by atoms with E-state index in [1.165, 1.54) is 12.8 Å². The first kappa shape index (κ1) is 9.31. The lowest BCUT2D eigenvalue weighted by Gasteiger charge is -2.16. The minimum absolute atomic E-state index is 0.0220. The van der Waals surface area contributed by atoms with Gasteiger partial charge in [0.2, 0.25) is 0 Å². The second kappa shape index (κ2) is 3.86. The Labute approximate surface area is 83.9 Å². The van der Waals surface area contributed by atoms with Gasteiger partial charge in [0, 0.05) is 12.2 Å². The molecule has 1 heterocycles. The van der Waals surface area contributed by atoms with Crippen LogP contribution in [0.4, 0.5) is 0 Å². The molecule has 2 rings (SSSR count). The third-order valence-corrected chi connectivity index (χ3v) is 3.02. The van der Waals surface area contributed by atoms with E-state index < -0.39 is 0 Å². The molecule has 1 saturated carbocycles. The lowest BCUT2D eigenvalue weighted by molar-refractivity contribution is 0.0925. The van der Waals surface area contributed by atoms with Gasteiger partial charge in [-0.25, -0.2) is 0 Å². The smallest absolute Gasteiger partial charge is 0.267 e. The number of aromatic amines is 1. The van der Waals surface area contributed by atoms with E-state index in [9.17, 15) is 4.79 Å². The van der Waals surface area contributed by atoms with Crippen molar-refractivity contribution in [2.75, 3.05) is 0 Å². The molecule has 0 saturated heterocycles. The van der Waals surface area contributed by atoms with Crippen LogP contribution in [0, 0.1) is 5.92 Å². The molecule has 1 aliphatic carbocycles. The van der Waals surface area contributed by atoms with Crippen LogP contribution in [-0.2, 0) is 0 Å². The van der Waals surface area contributed by atoms with E-state index in [0.29, 0.717) is 17.7 Å². The van der Waals surface area contributed by atoms with Crippen LogP contribution in [0.15, 0.2) is 18.3 Å². The number of aromatic nitrogens is 1. The van der Waals surface area contributed by atoms with Gasteiger partial charge in [0.1, 0.15) is 5.69 Å². The fourth-order valence-electron chi connectivity index (χ4n) is 2.08. The maximum absolute atomic E-state index is 11.7. The van der Waals surface area contributed by atoms with Gasteiger partial charge in [-0.3, -0.25) is 4.79 Å². The van der Waals surface area contributed by atoms with Crippen LogP contribution in [0.1, 0.15) is 36.7 Å². The summed E-state index contributed by atoms with van der Waals surface area (Å²) in [7, 11) is 0. The van der Waals surface area contributed by atoms with E-state index in [2.05, 4.69) is 17.2 Å². The molecule has 1 aromatic heterocycles. The van der Waals surface area contributed by atoms with Gasteiger partial charge in [-0.2, -0.15) is 0 Å².